The summed E-state index contributed by atoms with van der Waals surface area (Å²) in [5, 5.41) is 17.1. The maximum absolute atomic E-state index is 12.3. The molecule has 0 saturated heterocycles. The molecule has 0 aliphatic carbocycles. The summed E-state index contributed by atoms with van der Waals surface area (Å²) in [6, 6.07) is 12.2. The summed E-state index contributed by atoms with van der Waals surface area (Å²) in [6.07, 6.45) is 0.452. The van der Waals surface area contributed by atoms with Gasteiger partial charge in [-0.3, -0.25) is 0 Å². The van der Waals surface area contributed by atoms with Crippen LogP contribution < -0.4 is 4.90 Å². The molecule has 29 heavy (non-hydrogen) atoms. The Bertz CT molecular complexity index is 1030. The number of halogens is 2. The molecular formula is C19H21Cl2N5O2S. The highest BCUT2D eigenvalue weighted by Gasteiger charge is 2.22. The summed E-state index contributed by atoms with van der Waals surface area (Å²) in [6.45, 7) is 3.47. The van der Waals surface area contributed by atoms with E-state index in [-0.39, 0.29) is 20.6 Å². The molecule has 0 radical (unpaired) electrons. The van der Waals surface area contributed by atoms with Crippen molar-refractivity contribution < 1.29 is 8.42 Å². The van der Waals surface area contributed by atoms with Gasteiger partial charge in [-0.2, -0.15) is 10.4 Å². The van der Waals surface area contributed by atoms with Gasteiger partial charge in [-0.15, -0.1) is 5.11 Å². The quantitative estimate of drug-likeness (QED) is 0.500. The topological polar surface area (TPSA) is 89.1 Å². The van der Waals surface area contributed by atoms with Crippen molar-refractivity contribution >= 4 is 50.3 Å². The van der Waals surface area contributed by atoms with Crippen LogP contribution in [0.1, 0.15) is 13.3 Å². The van der Waals surface area contributed by atoms with Gasteiger partial charge < -0.3 is 4.90 Å². The van der Waals surface area contributed by atoms with Gasteiger partial charge in [-0.25, -0.2) is 12.7 Å². The molecule has 0 amide bonds. The van der Waals surface area contributed by atoms with Crippen LogP contribution in [0.5, 0.6) is 0 Å². The number of rotatable bonds is 8. The van der Waals surface area contributed by atoms with Crippen molar-refractivity contribution in [3.63, 3.8) is 0 Å². The fourth-order valence-electron chi connectivity index (χ4n) is 2.49. The van der Waals surface area contributed by atoms with Crippen LogP contribution in [0.15, 0.2) is 51.5 Å². The van der Waals surface area contributed by atoms with Gasteiger partial charge in [0.25, 0.3) is 0 Å². The minimum absolute atomic E-state index is 0.0171. The molecule has 0 heterocycles. The van der Waals surface area contributed by atoms with Gasteiger partial charge in [-0.05, 0) is 43.3 Å². The van der Waals surface area contributed by atoms with Crippen LogP contribution in [0.25, 0.3) is 0 Å². The normalized spacial score (nSPS) is 11.8. The second-order valence-corrected chi connectivity index (χ2v) is 9.16. The Kier molecular flexibility index (Phi) is 7.99. The van der Waals surface area contributed by atoms with Crippen molar-refractivity contribution in [2.75, 3.05) is 32.1 Å². The van der Waals surface area contributed by atoms with Crippen molar-refractivity contribution in [2.45, 2.75) is 18.2 Å². The molecular weight excluding hydrogens is 433 g/mol. The van der Waals surface area contributed by atoms with Gasteiger partial charge in [0, 0.05) is 32.9 Å². The summed E-state index contributed by atoms with van der Waals surface area (Å²) in [5.74, 6) is 0. The SMILES string of the molecule is CCN(CCC#N)c1ccc(N=Nc2cc(Cl)c(S(=O)(=O)N(C)C)cc2Cl)cc1. The van der Waals surface area contributed by atoms with Gasteiger partial charge in [0.1, 0.15) is 10.6 Å². The summed E-state index contributed by atoms with van der Waals surface area (Å²) >= 11 is 12.3. The number of nitrogens with zero attached hydrogens (tertiary/aromatic N) is 5. The zero-order valence-corrected chi connectivity index (χ0v) is 18.6. The molecule has 7 nitrogen and oxygen atoms in total. The van der Waals surface area contributed by atoms with Crippen LogP contribution >= 0.6 is 23.2 Å². The molecule has 10 heteroatoms. The number of azo groups is 1. The summed E-state index contributed by atoms with van der Waals surface area (Å²) < 4.78 is 25.6. The van der Waals surface area contributed by atoms with Crippen LogP contribution in [0.3, 0.4) is 0 Å². The van der Waals surface area contributed by atoms with Crippen LogP contribution in [-0.2, 0) is 10.0 Å². The number of nitriles is 1. The minimum Gasteiger partial charge on any atom is -0.371 e. The number of hydrogen-bond acceptors (Lipinski definition) is 6. The molecule has 0 atom stereocenters. The van der Waals surface area contributed by atoms with Crippen molar-refractivity contribution in [2.24, 2.45) is 10.2 Å². The van der Waals surface area contributed by atoms with Crippen molar-refractivity contribution in [3.8, 4) is 6.07 Å². The summed E-state index contributed by atoms with van der Waals surface area (Å²) in [5.41, 5.74) is 1.85. The molecule has 0 unspecified atom stereocenters. The maximum Gasteiger partial charge on any atom is 0.244 e. The number of anilines is 1. The Morgan fingerprint density at radius 3 is 2.28 bits per heavy atom. The van der Waals surface area contributed by atoms with E-state index in [1.807, 2.05) is 19.1 Å². The monoisotopic (exact) mass is 453 g/mol. The maximum atomic E-state index is 12.3. The predicted molar refractivity (Wildman–Crippen MR) is 116 cm³/mol. The molecule has 0 saturated carbocycles. The highest BCUT2D eigenvalue weighted by Crippen LogP contribution is 2.35. The first-order valence-corrected chi connectivity index (χ1v) is 11.0. The van der Waals surface area contributed by atoms with Crippen LogP contribution in [-0.4, -0.2) is 39.9 Å². The standard InChI is InChI=1S/C19H21Cl2N5O2S/c1-4-26(11-5-10-22)15-8-6-14(7-9-15)23-24-18-12-17(21)19(13-16(18)20)29(27,28)25(2)3/h6-9,12-13H,4-5,11H2,1-3H3. The lowest BCUT2D eigenvalue weighted by Crippen LogP contribution is -2.23. The Balaban J connectivity index is 2.24. The van der Waals surface area contributed by atoms with E-state index >= 15 is 0 Å². The predicted octanol–water partition coefficient (Wildman–Crippen LogP) is 5.40. The van der Waals surface area contributed by atoms with E-state index < -0.39 is 10.0 Å². The van der Waals surface area contributed by atoms with E-state index in [1.165, 1.54) is 26.2 Å². The van der Waals surface area contributed by atoms with Crippen LogP contribution in [0.4, 0.5) is 17.1 Å². The Labute approximate surface area is 181 Å². The third-order valence-electron chi connectivity index (χ3n) is 4.12. The molecule has 0 aliphatic heterocycles. The fourth-order valence-corrected chi connectivity index (χ4v) is 4.17. The molecule has 0 spiro atoms. The summed E-state index contributed by atoms with van der Waals surface area (Å²) in [7, 11) is -0.889. The number of hydrogen-bond donors (Lipinski definition) is 0. The molecule has 154 valence electrons. The lowest BCUT2D eigenvalue weighted by atomic mass is 10.2. The molecule has 2 aromatic carbocycles. The highest BCUT2D eigenvalue weighted by molar-refractivity contribution is 7.89. The zero-order chi connectivity index (χ0) is 21.6. The van der Waals surface area contributed by atoms with E-state index in [1.54, 1.807) is 12.1 Å². The molecule has 0 fully saturated rings. The first kappa shape index (κ1) is 23.1. The summed E-state index contributed by atoms with van der Waals surface area (Å²) in [4.78, 5) is 2.00. The molecule has 0 aromatic heterocycles. The van der Waals surface area contributed by atoms with Crippen LogP contribution in [0.2, 0.25) is 10.0 Å². The van der Waals surface area contributed by atoms with E-state index in [9.17, 15) is 8.42 Å². The van der Waals surface area contributed by atoms with Crippen molar-refractivity contribution in [1.29, 1.82) is 5.26 Å². The van der Waals surface area contributed by atoms with Gasteiger partial charge in [-0.1, -0.05) is 23.2 Å². The number of benzene rings is 2. The van der Waals surface area contributed by atoms with Gasteiger partial charge >= 0.3 is 0 Å². The van der Waals surface area contributed by atoms with Gasteiger partial charge in [0.05, 0.1) is 28.2 Å². The Morgan fingerprint density at radius 2 is 1.72 bits per heavy atom. The zero-order valence-electron chi connectivity index (χ0n) is 16.3. The number of sulfonamides is 1. The first-order chi connectivity index (χ1) is 13.7. The largest absolute Gasteiger partial charge is 0.371 e. The average Bonchev–Trinajstić information content (AvgIpc) is 2.69. The minimum atomic E-state index is -3.72. The van der Waals surface area contributed by atoms with Crippen molar-refractivity contribution in [1.82, 2.24) is 4.31 Å². The third kappa shape index (κ3) is 5.67. The molecule has 2 aromatic rings. The average molecular weight is 454 g/mol. The van der Waals surface area contributed by atoms with E-state index in [2.05, 4.69) is 21.2 Å². The molecule has 2 rings (SSSR count). The third-order valence-corrected chi connectivity index (χ3v) is 6.71. The Morgan fingerprint density at radius 1 is 1.07 bits per heavy atom. The smallest absolute Gasteiger partial charge is 0.244 e. The molecule has 0 aliphatic rings. The first-order valence-electron chi connectivity index (χ1n) is 8.76. The van der Waals surface area contributed by atoms with Crippen molar-refractivity contribution in [3.05, 3.63) is 46.4 Å². The lowest BCUT2D eigenvalue weighted by Gasteiger charge is -2.21. The second-order valence-electron chi connectivity index (χ2n) is 6.23. The highest BCUT2D eigenvalue weighted by atomic mass is 35.5. The van der Waals surface area contributed by atoms with Gasteiger partial charge in [0.2, 0.25) is 10.0 Å². The second kappa shape index (κ2) is 10.0. The molecule has 0 bridgehead atoms. The van der Waals surface area contributed by atoms with Gasteiger partial charge in [0.15, 0.2) is 0 Å². The van der Waals surface area contributed by atoms with E-state index in [0.717, 1.165) is 16.5 Å². The van der Waals surface area contributed by atoms with E-state index in [0.29, 0.717) is 18.7 Å². The van der Waals surface area contributed by atoms with E-state index in [4.69, 9.17) is 28.5 Å². The lowest BCUT2D eigenvalue weighted by molar-refractivity contribution is 0.521. The Hall–Kier alpha value is -2.18. The van der Waals surface area contributed by atoms with Crippen LogP contribution in [0, 0.1) is 11.3 Å². The molecule has 0 N–H and O–H groups in total. The fraction of sp³-hybridized carbons (Fsp3) is 0.316.